The average molecular weight is 496 g/mol. The highest BCUT2D eigenvalue weighted by molar-refractivity contribution is 6.39. The van der Waals surface area contributed by atoms with Crippen molar-refractivity contribution < 1.29 is 19.1 Å². The first-order chi connectivity index (χ1) is 16.8. The average Bonchev–Trinajstić information content (AvgIpc) is 2.80. The SMILES string of the molecule is CNc1cccc([C@]2(C)CC[C@H](C)CN2C(=O)C(=O)Nc2cnc(NC(=O)OC(C)(C)C)c(C)c2)c1. The molecule has 9 heteroatoms. The third kappa shape index (κ3) is 6.33. The highest BCUT2D eigenvalue weighted by Crippen LogP contribution is 2.40. The number of ether oxygens (including phenoxy) is 1. The molecule has 3 N–H and O–H groups in total. The first-order valence-corrected chi connectivity index (χ1v) is 12.2. The lowest BCUT2D eigenvalue weighted by molar-refractivity contribution is -0.150. The van der Waals surface area contributed by atoms with Gasteiger partial charge in [0.05, 0.1) is 17.4 Å². The molecule has 0 unspecified atom stereocenters. The molecular formula is C27H37N5O4. The summed E-state index contributed by atoms with van der Waals surface area (Å²) >= 11 is 0. The zero-order chi connectivity index (χ0) is 26.7. The van der Waals surface area contributed by atoms with E-state index in [-0.39, 0.29) is 5.92 Å². The van der Waals surface area contributed by atoms with Gasteiger partial charge in [-0.2, -0.15) is 0 Å². The van der Waals surface area contributed by atoms with Gasteiger partial charge in [-0.05, 0) is 82.7 Å². The Hall–Kier alpha value is -3.62. The lowest BCUT2D eigenvalue weighted by Crippen LogP contribution is -2.55. The number of aromatic nitrogens is 1. The number of likely N-dealkylation sites (tertiary alicyclic amines) is 1. The number of pyridine rings is 1. The van der Waals surface area contributed by atoms with Crippen molar-refractivity contribution in [1.82, 2.24) is 9.88 Å². The molecule has 9 nitrogen and oxygen atoms in total. The maximum Gasteiger partial charge on any atom is 0.413 e. The van der Waals surface area contributed by atoms with Gasteiger partial charge in [-0.25, -0.2) is 9.78 Å². The van der Waals surface area contributed by atoms with E-state index in [0.717, 1.165) is 24.1 Å². The van der Waals surface area contributed by atoms with Gasteiger partial charge in [-0.15, -0.1) is 0 Å². The third-order valence-corrected chi connectivity index (χ3v) is 6.38. The highest BCUT2D eigenvalue weighted by Gasteiger charge is 2.43. The van der Waals surface area contributed by atoms with Crippen molar-refractivity contribution >= 4 is 35.1 Å². The van der Waals surface area contributed by atoms with E-state index in [9.17, 15) is 14.4 Å². The molecule has 1 fully saturated rings. The number of carbonyl (C=O) groups excluding carboxylic acids is 3. The standard InChI is InChI=1S/C27H37N5O4/c1-17-11-12-27(6,19-9-8-10-20(14-19)28-7)32(16-17)24(34)23(33)30-21-13-18(2)22(29-15-21)31-25(35)36-26(3,4)5/h8-10,13-15,17,28H,11-12,16H2,1-7H3,(H,30,33)(H,29,31,35)/t17-,27-/m0/s1. The van der Waals surface area contributed by atoms with E-state index in [4.69, 9.17) is 4.74 Å². The molecular weight excluding hydrogens is 458 g/mol. The predicted molar refractivity (Wildman–Crippen MR) is 141 cm³/mol. The largest absolute Gasteiger partial charge is 0.444 e. The van der Waals surface area contributed by atoms with E-state index < -0.39 is 29.0 Å². The van der Waals surface area contributed by atoms with E-state index in [1.54, 1.807) is 38.7 Å². The summed E-state index contributed by atoms with van der Waals surface area (Å²) in [5.41, 5.74) is 1.67. The van der Waals surface area contributed by atoms with Crippen molar-refractivity contribution in [2.24, 2.45) is 5.92 Å². The van der Waals surface area contributed by atoms with Crippen LogP contribution in [0.15, 0.2) is 36.5 Å². The minimum absolute atomic E-state index is 0.282. The van der Waals surface area contributed by atoms with Crippen LogP contribution in [0.25, 0.3) is 0 Å². The van der Waals surface area contributed by atoms with E-state index >= 15 is 0 Å². The zero-order valence-corrected chi connectivity index (χ0v) is 22.2. The minimum atomic E-state index is -0.728. The summed E-state index contributed by atoms with van der Waals surface area (Å²) in [5, 5.41) is 8.42. The Morgan fingerprint density at radius 2 is 1.86 bits per heavy atom. The molecule has 0 radical (unpaired) electrons. The molecule has 2 heterocycles. The van der Waals surface area contributed by atoms with Gasteiger partial charge in [0.25, 0.3) is 0 Å². The van der Waals surface area contributed by atoms with Crippen LogP contribution in [-0.2, 0) is 19.9 Å². The molecule has 0 bridgehead atoms. The van der Waals surface area contributed by atoms with Gasteiger partial charge in [0.2, 0.25) is 0 Å². The number of amides is 3. The number of nitrogens with zero attached hydrogens (tertiary/aromatic N) is 2. The Labute approximate surface area is 213 Å². The van der Waals surface area contributed by atoms with Crippen LogP contribution >= 0.6 is 0 Å². The molecule has 0 spiro atoms. The third-order valence-electron chi connectivity index (χ3n) is 6.38. The second-order valence-corrected chi connectivity index (χ2v) is 10.6. The van der Waals surface area contributed by atoms with Gasteiger partial charge >= 0.3 is 17.9 Å². The summed E-state index contributed by atoms with van der Waals surface area (Å²) in [5.74, 6) is -0.721. The second kappa shape index (κ2) is 10.6. The first-order valence-electron chi connectivity index (χ1n) is 12.2. The van der Waals surface area contributed by atoms with Gasteiger partial charge in [-0.1, -0.05) is 19.1 Å². The number of carbonyl (C=O) groups is 3. The van der Waals surface area contributed by atoms with E-state index in [1.807, 2.05) is 38.2 Å². The number of nitrogens with one attached hydrogen (secondary N) is 3. The molecule has 0 aliphatic carbocycles. The summed E-state index contributed by atoms with van der Waals surface area (Å²) in [4.78, 5) is 44.4. The number of benzene rings is 1. The zero-order valence-electron chi connectivity index (χ0n) is 22.2. The number of hydrogen-bond acceptors (Lipinski definition) is 6. The van der Waals surface area contributed by atoms with Crippen molar-refractivity contribution in [1.29, 1.82) is 0 Å². The normalized spacial score (nSPS) is 19.9. The summed E-state index contributed by atoms with van der Waals surface area (Å²) in [6.45, 7) is 11.7. The summed E-state index contributed by atoms with van der Waals surface area (Å²) < 4.78 is 5.26. The molecule has 1 saturated heterocycles. The van der Waals surface area contributed by atoms with Crippen molar-refractivity contribution in [2.45, 2.75) is 65.5 Å². The molecule has 36 heavy (non-hydrogen) atoms. The Morgan fingerprint density at radius 3 is 2.50 bits per heavy atom. The lowest BCUT2D eigenvalue weighted by atomic mass is 9.79. The number of aryl methyl sites for hydroxylation is 1. The number of anilines is 3. The van der Waals surface area contributed by atoms with Crippen molar-refractivity contribution in [3.05, 3.63) is 47.7 Å². The van der Waals surface area contributed by atoms with E-state index in [2.05, 4.69) is 27.9 Å². The van der Waals surface area contributed by atoms with Crippen molar-refractivity contribution in [3.63, 3.8) is 0 Å². The Morgan fingerprint density at radius 1 is 1.14 bits per heavy atom. The van der Waals surface area contributed by atoms with Crippen LogP contribution in [0.2, 0.25) is 0 Å². The quantitative estimate of drug-likeness (QED) is 0.521. The molecule has 194 valence electrons. The van der Waals surface area contributed by atoms with Gasteiger partial charge in [0.1, 0.15) is 11.4 Å². The fourth-order valence-electron chi connectivity index (χ4n) is 4.37. The van der Waals surface area contributed by atoms with Crippen LogP contribution in [0.4, 0.5) is 22.0 Å². The van der Waals surface area contributed by atoms with Gasteiger partial charge < -0.3 is 20.3 Å². The molecule has 0 saturated carbocycles. The fraction of sp³-hybridized carbons (Fsp3) is 0.481. The fourth-order valence-corrected chi connectivity index (χ4v) is 4.37. The van der Waals surface area contributed by atoms with E-state index in [1.165, 1.54) is 6.20 Å². The topological polar surface area (TPSA) is 113 Å². The Balaban J connectivity index is 1.76. The van der Waals surface area contributed by atoms with E-state index in [0.29, 0.717) is 23.6 Å². The number of hydrogen-bond donors (Lipinski definition) is 3. The van der Waals surface area contributed by atoms with Crippen LogP contribution in [0, 0.1) is 12.8 Å². The van der Waals surface area contributed by atoms with Gasteiger partial charge in [0.15, 0.2) is 0 Å². The molecule has 3 rings (SSSR count). The molecule has 3 amide bonds. The van der Waals surface area contributed by atoms with Crippen molar-refractivity contribution in [2.75, 3.05) is 29.5 Å². The lowest BCUT2D eigenvalue weighted by Gasteiger charge is -2.47. The predicted octanol–water partition coefficient (Wildman–Crippen LogP) is 4.89. The van der Waals surface area contributed by atoms with Crippen LogP contribution in [0.5, 0.6) is 0 Å². The van der Waals surface area contributed by atoms with Gasteiger partial charge in [0, 0.05) is 19.3 Å². The number of rotatable bonds is 4. The van der Waals surface area contributed by atoms with Crippen molar-refractivity contribution in [3.8, 4) is 0 Å². The van der Waals surface area contributed by atoms with Crippen LogP contribution in [-0.4, -0.2) is 47.0 Å². The monoisotopic (exact) mass is 495 g/mol. The summed E-state index contributed by atoms with van der Waals surface area (Å²) in [6, 6.07) is 9.60. The molecule has 2 atom stereocenters. The minimum Gasteiger partial charge on any atom is -0.444 e. The number of piperidine rings is 1. The molecule has 1 aromatic heterocycles. The molecule has 1 aliphatic rings. The summed E-state index contributed by atoms with van der Waals surface area (Å²) in [6.07, 6.45) is 2.50. The van der Waals surface area contributed by atoms with Gasteiger partial charge in [-0.3, -0.25) is 14.9 Å². The smallest absolute Gasteiger partial charge is 0.413 e. The maximum absolute atomic E-state index is 13.4. The maximum atomic E-state index is 13.4. The highest BCUT2D eigenvalue weighted by atomic mass is 16.6. The summed E-state index contributed by atoms with van der Waals surface area (Å²) in [7, 11) is 1.85. The Bertz CT molecular complexity index is 1140. The Kier molecular flexibility index (Phi) is 7.91. The first kappa shape index (κ1) is 27.0. The van der Waals surface area contributed by atoms with Crippen LogP contribution in [0.3, 0.4) is 0 Å². The van der Waals surface area contributed by atoms with Crippen LogP contribution in [0.1, 0.15) is 58.6 Å². The van der Waals surface area contributed by atoms with Crippen LogP contribution < -0.4 is 16.0 Å². The molecule has 2 aromatic rings. The second-order valence-electron chi connectivity index (χ2n) is 10.6. The molecule has 1 aliphatic heterocycles. The molecule has 1 aromatic carbocycles.